The third-order valence-electron chi connectivity index (χ3n) is 2.13. The maximum absolute atomic E-state index is 11.4. The lowest BCUT2D eigenvalue weighted by Crippen LogP contribution is -2.53. The Morgan fingerprint density at radius 3 is 2.93 bits per heavy atom. The average Bonchev–Trinajstić information content (AvgIpc) is 2.26. The monoisotopic (exact) mass is 227 g/mol. The number of amides is 1. The van der Waals surface area contributed by atoms with Crippen LogP contribution in [-0.2, 0) is 4.79 Å². The molecule has 2 N–H and O–H groups in total. The van der Waals surface area contributed by atoms with Gasteiger partial charge in [0.1, 0.15) is 11.2 Å². The highest BCUT2D eigenvalue weighted by atomic mass is 35.5. The largest absolute Gasteiger partial charge is 0.353 e. The molecule has 1 atom stereocenters. The molecule has 0 saturated carbocycles. The Labute approximate surface area is 94.1 Å². The highest BCUT2D eigenvalue weighted by Crippen LogP contribution is 2.07. The number of piperazine rings is 1. The van der Waals surface area contributed by atoms with Gasteiger partial charge in [0.05, 0.1) is 0 Å². The van der Waals surface area contributed by atoms with Gasteiger partial charge in [-0.3, -0.25) is 9.79 Å². The highest BCUT2D eigenvalue weighted by molar-refractivity contribution is 6.29. The van der Waals surface area contributed by atoms with E-state index in [9.17, 15) is 4.79 Å². The van der Waals surface area contributed by atoms with Gasteiger partial charge in [-0.15, -0.1) is 0 Å². The van der Waals surface area contributed by atoms with E-state index < -0.39 is 0 Å². The fourth-order valence-electron chi connectivity index (χ4n) is 1.31. The predicted molar refractivity (Wildman–Crippen MR) is 62.0 cm³/mol. The number of hydrogen-bond donors (Lipinski definition) is 2. The van der Waals surface area contributed by atoms with Crippen molar-refractivity contribution in [3.05, 3.63) is 22.9 Å². The molecule has 1 rings (SSSR count). The van der Waals surface area contributed by atoms with Crippen molar-refractivity contribution in [2.45, 2.75) is 13.0 Å². The summed E-state index contributed by atoms with van der Waals surface area (Å²) in [5.74, 6) is -0.00825. The summed E-state index contributed by atoms with van der Waals surface area (Å²) in [5.41, 5.74) is 0.897. The molecule has 0 aromatic carbocycles. The number of aliphatic imine (C=N–C) groups is 1. The second-order valence-electron chi connectivity index (χ2n) is 3.24. The maximum atomic E-state index is 11.4. The van der Waals surface area contributed by atoms with E-state index in [4.69, 9.17) is 11.6 Å². The molecule has 0 aliphatic carbocycles. The zero-order valence-corrected chi connectivity index (χ0v) is 9.34. The molecule has 5 heteroatoms. The topological polar surface area (TPSA) is 53.5 Å². The van der Waals surface area contributed by atoms with Crippen molar-refractivity contribution < 1.29 is 4.79 Å². The molecule has 1 aliphatic heterocycles. The fraction of sp³-hybridized carbons (Fsp3) is 0.400. The van der Waals surface area contributed by atoms with Crippen LogP contribution >= 0.6 is 11.6 Å². The molecule has 1 amide bonds. The quantitative estimate of drug-likeness (QED) is 0.426. The summed E-state index contributed by atoms with van der Waals surface area (Å²) in [6, 6.07) is -0.274. The number of rotatable bonds is 3. The molecule has 0 aromatic rings. The number of nitrogens with one attached hydrogen (secondary N) is 2. The lowest BCUT2D eigenvalue weighted by atomic mass is 10.1. The summed E-state index contributed by atoms with van der Waals surface area (Å²) >= 11 is 5.65. The lowest BCUT2D eigenvalue weighted by molar-refractivity contribution is -0.123. The minimum absolute atomic E-state index is 0.00825. The SMILES string of the molecule is C=N/C(Cl)=C\C=C(/C)C1NCCNC1=O. The van der Waals surface area contributed by atoms with Crippen LogP contribution in [0.15, 0.2) is 27.9 Å². The van der Waals surface area contributed by atoms with Crippen molar-refractivity contribution in [3.63, 3.8) is 0 Å². The molecule has 0 bridgehead atoms. The standard InChI is InChI=1S/C10H14ClN3O/c1-7(3-4-8(11)12-2)9-10(15)14-6-5-13-9/h3-4,9,13H,2,5-6H2,1H3,(H,14,15)/b7-3+,8-4-. The van der Waals surface area contributed by atoms with Crippen LogP contribution in [0.5, 0.6) is 0 Å². The second-order valence-corrected chi connectivity index (χ2v) is 3.62. The van der Waals surface area contributed by atoms with Gasteiger partial charge in [-0.25, -0.2) is 0 Å². The Kier molecular flexibility index (Phi) is 4.52. The van der Waals surface area contributed by atoms with Crippen LogP contribution in [0.4, 0.5) is 0 Å². The van der Waals surface area contributed by atoms with Gasteiger partial charge in [-0.2, -0.15) is 0 Å². The smallest absolute Gasteiger partial charge is 0.241 e. The van der Waals surface area contributed by atoms with E-state index in [-0.39, 0.29) is 11.9 Å². The van der Waals surface area contributed by atoms with Gasteiger partial charge in [-0.05, 0) is 25.3 Å². The first kappa shape index (κ1) is 11.9. The van der Waals surface area contributed by atoms with Crippen LogP contribution in [0, 0.1) is 0 Å². The van der Waals surface area contributed by atoms with Crippen LogP contribution in [-0.4, -0.2) is 31.8 Å². The Bertz CT molecular complexity index is 323. The first-order valence-electron chi connectivity index (χ1n) is 4.67. The van der Waals surface area contributed by atoms with Crippen LogP contribution in [0.1, 0.15) is 6.92 Å². The molecule has 1 aliphatic rings. The first-order chi connectivity index (χ1) is 7.15. The third-order valence-corrected chi connectivity index (χ3v) is 2.37. The molecular weight excluding hydrogens is 214 g/mol. The van der Waals surface area contributed by atoms with Gasteiger partial charge in [-0.1, -0.05) is 17.7 Å². The van der Waals surface area contributed by atoms with Gasteiger partial charge in [0, 0.05) is 13.1 Å². The number of nitrogens with zero attached hydrogens (tertiary/aromatic N) is 1. The van der Waals surface area contributed by atoms with E-state index in [1.165, 1.54) is 0 Å². The predicted octanol–water partition coefficient (Wildman–Crippen LogP) is 0.801. The van der Waals surface area contributed by atoms with Gasteiger partial charge in [0.15, 0.2) is 0 Å². The minimum Gasteiger partial charge on any atom is -0.353 e. The molecule has 1 fully saturated rings. The normalized spacial score (nSPS) is 23.6. The minimum atomic E-state index is -0.274. The van der Waals surface area contributed by atoms with Crippen LogP contribution < -0.4 is 10.6 Å². The van der Waals surface area contributed by atoms with Crippen LogP contribution in [0.25, 0.3) is 0 Å². The number of allylic oxidation sites excluding steroid dienone is 2. The summed E-state index contributed by atoms with van der Waals surface area (Å²) in [6.45, 7) is 6.61. The Morgan fingerprint density at radius 2 is 2.33 bits per heavy atom. The van der Waals surface area contributed by atoms with E-state index in [2.05, 4.69) is 22.3 Å². The third kappa shape index (κ3) is 3.49. The molecule has 82 valence electrons. The van der Waals surface area contributed by atoms with Crippen molar-refractivity contribution in [1.29, 1.82) is 0 Å². The summed E-state index contributed by atoms with van der Waals surface area (Å²) in [4.78, 5) is 15.0. The lowest BCUT2D eigenvalue weighted by Gasteiger charge is -2.23. The number of carbonyl (C=O) groups is 1. The van der Waals surface area contributed by atoms with E-state index >= 15 is 0 Å². The molecule has 0 spiro atoms. The van der Waals surface area contributed by atoms with E-state index in [1.54, 1.807) is 12.2 Å². The second kappa shape index (κ2) is 5.68. The van der Waals surface area contributed by atoms with Crippen molar-refractivity contribution in [1.82, 2.24) is 10.6 Å². The van der Waals surface area contributed by atoms with Crippen molar-refractivity contribution in [3.8, 4) is 0 Å². The summed E-state index contributed by atoms with van der Waals surface area (Å²) in [7, 11) is 0. The summed E-state index contributed by atoms with van der Waals surface area (Å²) in [6.07, 6.45) is 3.38. The van der Waals surface area contributed by atoms with Gasteiger partial charge < -0.3 is 10.6 Å². The average molecular weight is 228 g/mol. The molecule has 1 saturated heterocycles. The maximum Gasteiger partial charge on any atom is 0.241 e. The van der Waals surface area contributed by atoms with Crippen LogP contribution in [0.3, 0.4) is 0 Å². The molecule has 4 nitrogen and oxygen atoms in total. The zero-order valence-electron chi connectivity index (χ0n) is 8.59. The molecule has 1 unspecified atom stereocenters. The molecule has 0 aromatic heterocycles. The van der Waals surface area contributed by atoms with Crippen molar-refractivity contribution >= 4 is 24.2 Å². The Balaban J connectivity index is 2.69. The van der Waals surface area contributed by atoms with Crippen molar-refractivity contribution in [2.75, 3.05) is 13.1 Å². The zero-order chi connectivity index (χ0) is 11.3. The first-order valence-corrected chi connectivity index (χ1v) is 5.04. The summed E-state index contributed by atoms with van der Waals surface area (Å²) in [5, 5.41) is 6.21. The molecule has 15 heavy (non-hydrogen) atoms. The molecular formula is C10H14ClN3O. The molecule has 0 radical (unpaired) electrons. The van der Waals surface area contributed by atoms with Gasteiger partial charge in [0.25, 0.3) is 0 Å². The summed E-state index contributed by atoms with van der Waals surface area (Å²) < 4.78 is 0. The van der Waals surface area contributed by atoms with Gasteiger partial charge in [0.2, 0.25) is 5.91 Å². The van der Waals surface area contributed by atoms with E-state index in [0.29, 0.717) is 11.7 Å². The van der Waals surface area contributed by atoms with Crippen molar-refractivity contribution in [2.24, 2.45) is 4.99 Å². The Morgan fingerprint density at radius 1 is 1.60 bits per heavy atom. The molecule has 1 heterocycles. The van der Waals surface area contributed by atoms with E-state index in [1.807, 2.05) is 6.92 Å². The number of carbonyl (C=O) groups excluding carboxylic acids is 1. The highest BCUT2D eigenvalue weighted by Gasteiger charge is 2.21. The van der Waals surface area contributed by atoms with Crippen LogP contribution in [0.2, 0.25) is 0 Å². The Hall–Kier alpha value is -1.13. The van der Waals surface area contributed by atoms with Gasteiger partial charge >= 0.3 is 0 Å². The number of halogens is 1. The fourth-order valence-corrected chi connectivity index (χ4v) is 1.38. The van der Waals surface area contributed by atoms with E-state index in [0.717, 1.165) is 12.1 Å². The number of hydrogen-bond acceptors (Lipinski definition) is 3.